The average Bonchev–Trinajstić information content (AvgIpc) is 2.38. The first kappa shape index (κ1) is 12.9. The highest BCUT2D eigenvalue weighted by molar-refractivity contribution is 7.99. The lowest BCUT2D eigenvalue weighted by molar-refractivity contribution is 0.291. The van der Waals surface area contributed by atoms with Gasteiger partial charge >= 0.3 is 0 Å². The van der Waals surface area contributed by atoms with Crippen LogP contribution in [0.3, 0.4) is 0 Å². The van der Waals surface area contributed by atoms with E-state index in [9.17, 15) is 0 Å². The molecule has 2 heterocycles. The summed E-state index contributed by atoms with van der Waals surface area (Å²) >= 11 is 2.05. The second-order valence-electron chi connectivity index (χ2n) is 4.29. The van der Waals surface area contributed by atoms with Gasteiger partial charge in [0.25, 0.3) is 0 Å². The number of hydrogen-bond acceptors (Lipinski definition) is 4. The molecule has 0 saturated carbocycles. The Bertz CT molecular complexity index is 337. The normalized spacial score (nSPS) is 17.2. The van der Waals surface area contributed by atoms with Crippen LogP contribution in [-0.4, -0.2) is 41.0 Å². The van der Waals surface area contributed by atoms with Gasteiger partial charge in [0.15, 0.2) is 0 Å². The van der Waals surface area contributed by atoms with E-state index in [0.29, 0.717) is 0 Å². The van der Waals surface area contributed by atoms with Gasteiger partial charge in [0, 0.05) is 37.7 Å². The number of aromatic nitrogens is 1. The highest BCUT2D eigenvalue weighted by atomic mass is 32.2. The van der Waals surface area contributed by atoms with Crippen molar-refractivity contribution in [2.75, 3.05) is 31.1 Å². The fourth-order valence-corrected chi connectivity index (χ4v) is 2.94. The number of hydrogen-bond donors (Lipinski definition) is 1. The van der Waals surface area contributed by atoms with Gasteiger partial charge in [0.1, 0.15) is 0 Å². The Morgan fingerprint density at radius 1 is 1.29 bits per heavy atom. The van der Waals surface area contributed by atoms with E-state index in [2.05, 4.69) is 47.1 Å². The molecule has 4 heteroatoms. The zero-order valence-electron chi connectivity index (χ0n) is 10.5. The summed E-state index contributed by atoms with van der Waals surface area (Å²) in [5, 5.41) is 3.32. The fraction of sp³-hybridized carbons (Fsp3) is 0.615. The predicted octanol–water partition coefficient (Wildman–Crippen LogP) is 1.74. The predicted molar refractivity (Wildman–Crippen MR) is 74.2 cm³/mol. The Morgan fingerprint density at radius 3 is 2.82 bits per heavy atom. The van der Waals surface area contributed by atoms with Crippen molar-refractivity contribution in [2.24, 2.45) is 0 Å². The lowest BCUT2D eigenvalue weighted by atomic mass is 10.2. The van der Waals surface area contributed by atoms with Crippen molar-refractivity contribution in [3.05, 3.63) is 29.6 Å². The highest BCUT2D eigenvalue weighted by Crippen LogP contribution is 2.12. The van der Waals surface area contributed by atoms with Gasteiger partial charge in [-0.05, 0) is 18.7 Å². The molecule has 1 N–H and O–H groups in total. The molecule has 1 aromatic heterocycles. The van der Waals surface area contributed by atoms with Crippen LogP contribution in [0.2, 0.25) is 0 Å². The van der Waals surface area contributed by atoms with Crippen molar-refractivity contribution in [3.8, 4) is 0 Å². The first-order chi connectivity index (χ1) is 8.38. The summed E-state index contributed by atoms with van der Waals surface area (Å²) in [6.07, 6.45) is 0. The van der Waals surface area contributed by atoms with Crippen LogP contribution in [0.1, 0.15) is 18.3 Å². The fourth-order valence-electron chi connectivity index (χ4n) is 1.96. The summed E-state index contributed by atoms with van der Waals surface area (Å²) in [6, 6.07) is 6.35. The summed E-state index contributed by atoms with van der Waals surface area (Å²) in [5.74, 6) is 2.52. The molecular weight excluding hydrogens is 230 g/mol. The van der Waals surface area contributed by atoms with Crippen molar-refractivity contribution in [1.82, 2.24) is 15.2 Å². The maximum absolute atomic E-state index is 4.69. The zero-order chi connectivity index (χ0) is 11.9. The molecule has 3 nitrogen and oxygen atoms in total. The summed E-state index contributed by atoms with van der Waals surface area (Å²) in [6.45, 7) is 7.39. The van der Waals surface area contributed by atoms with Crippen molar-refractivity contribution in [3.63, 3.8) is 0 Å². The van der Waals surface area contributed by atoms with Crippen molar-refractivity contribution < 1.29 is 0 Å². The molecular formula is C13H21N3S. The lowest BCUT2D eigenvalue weighted by Crippen LogP contribution is -2.32. The van der Waals surface area contributed by atoms with E-state index in [1.165, 1.54) is 30.3 Å². The molecule has 94 valence electrons. The van der Waals surface area contributed by atoms with Crippen LogP contribution in [0.5, 0.6) is 0 Å². The third-order valence-electron chi connectivity index (χ3n) is 2.91. The van der Waals surface area contributed by atoms with Crippen molar-refractivity contribution >= 4 is 11.8 Å². The molecule has 1 fully saturated rings. The van der Waals surface area contributed by atoms with E-state index >= 15 is 0 Å². The van der Waals surface area contributed by atoms with Crippen LogP contribution >= 0.6 is 11.8 Å². The van der Waals surface area contributed by atoms with E-state index in [1.807, 2.05) is 0 Å². The van der Waals surface area contributed by atoms with E-state index < -0.39 is 0 Å². The molecule has 1 aliphatic rings. The Balaban J connectivity index is 1.90. The van der Waals surface area contributed by atoms with E-state index in [1.54, 1.807) is 0 Å². The number of nitrogens with zero attached hydrogens (tertiary/aromatic N) is 2. The van der Waals surface area contributed by atoms with Gasteiger partial charge in [0.05, 0.1) is 11.4 Å². The molecule has 0 spiro atoms. The number of pyridine rings is 1. The maximum atomic E-state index is 4.69. The zero-order valence-corrected chi connectivity index (χ0v) is 11.3. The first-order valence-corrected chi connectivity index (χ1v) is 7.49. The Kier molecular flexibility index (Phi) is 5.29. The van der Waals surface area contributed by atoms with E-state index in [4.69, 9.17) is 4.98 Å². The largest absolute Gasteiger partial charge is 0.311 e. The second kappa shape index (κ2) is 6.99. The molecule has 0 unspecified atom stereocenters. The third-order valence-corrected chi connectivity index (χ3v) is 3.85. The van der Waals surface area contributed by atoms with Crippen molar-refractivity contribution in [2.45, 2.75) is 20.0 Å². The molecule has 17 heavy (non-hydrogen) atoms. The summed E-state index contributed by atoms with van der Waals surface area (Å²) in [4.78, 5) is 7.19. The first-order valence-electron chi connectivity index (χ1n) is 6.34. The van der Waals surface area contributed by atoms with Crippen LogP contribution in [0.25, 0.3) is 0 Å². The molecule has 1 saturated heterocycles. The van der Waals surface area contributed by atoms with Gasteiger partial charge in [-0.15, -0.1) is 0 Å². The molecule has 0 amide bonds. The quantitative estimate of drug-likeness (QED) is 0.863. The summed E-state index contributed by atoms with van der Waals surface area (Å²) in [7, 11) is 0. The molecule has 0 radical (unpaired) electrons. The van der Waals surface area contributed by atoms with Crippen LogP contribution < -0.4 is 5.32 Å². The maximum Gasteiger partial charge on any atom is 0.0547 e. The standard InChI is InChI=1S/C13H21N3S/c1-2-14-10-12-4-3-5-13(15-12)11-16-6-8-17-9-7-16/h3-5,14H,2,6-11H2,1H3. The molecule has 0 atom stereocenters. The average molecular weight is 251 g/mol. The number of rotatable bonds is 5. The molecule has 2 rings (SSSR count). The smallest absolute Gasteiger partial charge is 0.0547 e. The topological polar surface area (TPSA) is 28.2 Å². The molecule has 1 aliphatic heterocycles. The van der Waals surface area contributed by atoms with Crippen molar-refractivity contribution in [1.29, 1.82) is 0 Å². The highest BCUT2D eigenvalue weighted by Gasteiger charge is 2.11. The minimum atomic E-state index is 0.875. The Labute approximate surface area is 108 Å². The molecule has 0 aliphatic carbocycles. The molecule has 1 aromatic rings. The molecule has 0 aromatic carbocycles. The van der Waals surface area contributed by atoms with Gasteiger partial charge in [-0.2, -0.15) is 11.8 Å². The van der Waals surface area contributed by atoms with Crippen LogP contribution in [0, 0.1) is 0 Å². The monoisotopic (exact) mass is 251 g/mol. The minimum Gasteiger partial charge on any atom is -0.311 e. The van der Waals surface area contributed by atoms with E-state index in [-0.39, 0.29) is 0 Å². The number of thioether (sulfide) groups is 1. The van der Waals surface area contributed by atoms with Crippen LogP contribution in [0.4, 0.5) is 0 Å². The Hall–Kier alpha value is -0.580. The molecule has 0 bridgehead atoms. The summed E-state index contributed by atoms with van der Waals surface area (Å²) < 4.78 is 0. The van der Waals surface area contributed by atoms with Gasteiger partial charge in [-0.25, -0.2) is 0 Å². The second-order valence-corrected chi connectivity index (χ2v) is 5.51. The third kappa shape index (κ3) is 4.30. The van der Waals surface area contributed by atoms with Crippen LogP contribution in [-0.2, 0) is 13.1 Å². The lowest BCUT2D eigenvalue weighted by Gasteiger charge is -2.25. The van der Waals surface area contributed by atoms with Gasteiger partial charge in [0.2, 0.25) is 0 Å². The summed E-state index contributed by atoms with van der Waals surface area (Å²) in [5.41, 5.74) is 2.35. The van der Waals surface area contributed by atoms with E-state index in [0.717, 1.165) is 25.3 Å². The Morgan fingerprint density at radius 2 is 2.06 bits per heavy atom. The van der Waals surface area contributed by atoms with Gasteiger partial charge < -0.3 is 5.32 Å². The SMILES string of the molecule is CCNCc1cccc(CN2CCSCC2)n1. The van der Waals surface area contributed by atoms with Gasteiger partial charge in [-0.3, -0.25) is 9.88 Å². The number of nitrogens with one attached hydrogen (secondary N) is 1. The van der Waals surface area contributed by atoms with Gasteiger partial charge in [-0.1, -0.05) is 13.0 Å². The van der Waals surface area contributed by atoms with Crippen LogP contribution in [0.15, 0.2) is 18.2 Å². The minimum absolute atomic E-state index is 0.875.